The first kappa shape index (κ1) is 15.8. The second-order valence-corrected chi connectivity index (χ2v) is 7.16. The molecule has 2 aliphatic heterocycles. The Morgan fingerprint density at radius 3 is 2.32 bits per heavy atom. The van der Waals surface area contributed by atoms with Gasteiger partial charge in [0.1, 0.15) is 11.2 Å². The quantitative estimate of drug-likeness (QED) is 0.803. The van der Waals surface area contributed by atoms with Gasteiger partial charge in [-0.2, -0.15) is 0 Å². The van der Waals surface area contributed by atoms with Crippen molar-refractivity contribution in [3.63, 3.8) is 0 Å². The summed E-state index contributed by atoms with van der Waals surface area (Å²) in [4.78, 5) is 0. The normalized spacial score (nSPS) is 29.8. The SMILES string of the molecule is COc1cccc(C2(B3OC(C)(C)C(C)(C)O3)CCCO2)c1. The van der Waals surface area contributed by atoms with Gasteiger partial charge in [0.15, 0.2) is 0 Å². The van der Waals surface area contributed by atoms with Crippen LogP contribution >= 0.6 is 0 Å². The van der Waals surface area contributed by atoms with Gasteiger partial charge in [0.2, 0.25) is 0 Å². The van der Waals surface area contributed by atoms with Crippen LogP contribution in [0.5, 0.6) is 5.75 Å². The van der Waals surface area contributed by atoms with Crippen molar-refractivity contribution in [2.75, 3.05) is 13.7 Å². The van der Waals surface area contributed by atoms with E-state index >= 15 is 0 Å². The molecule has 0 spiro atoms. The molecule has 2 aliphatic rings. The fourth-order valence-electron chi connectivity index (χ4n) is 3.13. The second-order valence-electron chi connectivity index (χ2n) is 7.16. The van der Waals surface area contributed by atoms with E-state index in [9.17, 15) is 0 Å². The van der Waals surface area contributed by atoms with Gasteiger partial charge in [-0.25, -0.2) is 0 Å². The van der Waals surface area contributed by atoms with E-state index in [2.05, 4.69) is 33.8 Å². The number of benzene rings is 1. The van der Waals surface area contributed by atoms with Crippen LogP contribution in [0, 0.1) is 0 Å². The van der Waals surface area contributed by atoms with Crippen molar-refractivity contribution in [1.29, 1.82) is 0 Å². The Balaban J connectivity index is 1.99. The molecule has 22 heavy (non-hydrogen) atoms. The van der Waals surface area contributed by atoms with Crippen LogP contribution in [0.25, 0.3) is 0 Å². The molecule has 5 heteroatoms. The summed E-state index contributed by atoms with van der Waals surface area (Å²) in [5.74, 6) is 0.823. The molecule has 0 amide bonds. The van der Waals surface area contributed by atoms with E-state index in [1.807, 2.05) is 18.2 Å². The molecule has 1 aromatic rings. The van der Waals surface area contributed by atoms with Gasteiger partial charge in [0, 0.05) is 6.61 Å². The molecule has 1 aromatic carbocycles. The Bertz CT molecular complexity index is 533. The highest BCUT2D eigenvalue weighted by Crippen LogP contribution is 2.48. The molecule has 2 saturated heterocycles. The lowest BCUT2D eigenvalue weighted by atomic mass is 9.62. The molecule has 2 heterocycles. The summed E-state index contributed by atoms with van der Waals surface area (Å²) in [6, 6.07) is 8.02. The van der Waals surface area contributed by atoms with Crippen molar-refractivity contribution in [3.8, 4) is 5.75 Å². The minimum Gasteiger partial charge on any atom is -0.497 e. The van der Waals surface area contributed by atoms with Crippen molar-refractivity contribution in [2.45, 2.75) is 57.2 Å². The van der Waals surface area contributed by atoms with Gasteiger partial charge in [-0.15, -0.1) is 0 Å². The molecular formula is C17H25BO4. The lowest BCUT2D eigenvalue weighted by molar-refractivity contribution is 0.00578. The van der Waals surface area contributed by atoms with Crippen LogP contribution in [0.2, 0.25) is 0 Å². The Hall–Kier alpha value is -1.04. The summed E-state index contributed by atoms with van der Waals surface area (Å²) in [5.41, 5.74) is -0.229. The highest BCUT2D eigenvalue weighted by Gasteiger charge is 2.62. The largest absolute Gasteiger partial charge is 0.497 e. The summed E-state index contributed by atoms with van der Waals surface area (Å²) in [6.45, 7) is 9.01. The van der Waals surface area contributed by atoms with E-state index in [0.29, 0.717) is 0 Å². The van der Waals surface area contributed by atoms with E-state index in [-0.39, 0.29) is 11.2 Å². The van der Waals surface area contributed by atoms with Crippen LogP contribution in [0.15, 0.2) is 24.3 Å². The van der Waals surface area contributed by atoms with E-state index in [1.165, 1.54) is 0 Å². The zero-order chi connectivity index (χ0) is 16.0. The van der Waals surface area contributed by atoms with Crippen molar-refractivity contribution >= 4 is 7.12 Å². The summed E-state index contributed by atoms with van der Waals surface area (Å²) in [7, 11) is 1.27. The third kappa shape index (κ3) is 2.36. The number of methoxy groups -OCH3 is 1. The molecule has 4 nitrogen and oxygen atoms in total. The number of rotatable bonds is 3. The van der Waals surface area contributed by atoms with E-state index in [0.717, 1.165) is 30.8 Å². The van der Waals surface area contributed by atoms with Gasteiger partial charge in [-0.3, -0.25) is 0 Å². The molecule has 0 bridgehead atoms. The van der Waals surface area contributed by atoms with Gasteiger partial charge >= 0.3 is 7.12 Å². The van der Waals surface area contributed by atoms with Crippen LogP contribution in [-0.2, 0) is 19.5 Å². The molecule has 0 aliphatic carbocycles. The Kier molecular flexibility index (Phi) is 3.79. The van der Waals surface area contributed by atoms with E-state index in [1.54, 1.807) is 7.11 Å². The molecule has 3 rings (SSSR count). The van der Waals surface area contributed by atoms with Crippen molar-refractivity contribution in [1.82, 2.24) is 0 Å². The highest BCUT2D eigenvalue weighted by molar-refractivity contribution is 6.49. The maximum atomic E-state index is 6.29. The van der Waals surface area contributed by atoms with E-state index in [4.69, 9.17) is 18.8 Å². The van der Waals surface area contributed by atoms with Crippen molar-refractivity contribution < 1.29 is 18.8 Å². The summed E-state index contributed by atoms with van der Waals surface area (Å²) in [6.07, 6.45) is 1.89. The first-order valence-corrected chi connectivity index (χ1v) is 7.95. The summed E-state index contributed by atoms with van der Waals surface area (Å²) in [5, 5.41) is 0. The minimum atomic E-state index is -0.556. The Labute approximate surface area is 133 Å². The van der Waals surface area contributed by atoms with Crippen LogP contribution in [0.1, 0.15) is 46.1 Å². The molecule has 1 unspecified atom stereocenters. The molecule has 120 valence electrons. The van der Waals surface area contributed by atoms with Crippen LogP contribution < -0.4 is 4.74 Å². The molecule has 1 atom stereocenters. The average Bonchev–Trinajstić information content (AvgIpc) is 3.03. The molecule has 0 saturated carbocycles. The van der Waals surface area contributed by atoms with Crippen LogP contribution in [0.4, 0.5) is 0 Å². The monoisotopic (exact) mass is 304 g/mol. The highest BCUT2D eigenvalue weighted by atomic mass is 16.7. The fraction of sp³-hybridized carbons (Fsp3) is 0.647. The molecular weight excluding hydrogens is 279 g/mol. The standard InChI is InChI=1S/C17H25BO4/c1-15(2)16(3,4)22-18(21-15)17(10-7-11-20-17)13-8-6-9-14(12-13)19-5/h6,8-9,12H,7,10-11H2,1-5H3. The molecule has 0 radical (unpaired) electrons. The van der Waals surface area contributed by atoms with Gasteiger partial charge in [-0.1, -0.05) is 12.1 Å². The summed E-state index contributed by atoms with van der Waals surface area (Å²) >= 11 is 0. The van der Waals surface area contributed by atoms with Gasteiger partial charge in [-0.05, 0) is 58.2 Å². The van der Waals surface area contributed by atoms with Gasteiger partial charge in [0.25, 0.3) is 0 Å². The predicted molar refractivity (Wildman–Crippen MR) is 85.9 cm³/mol. The third-order valence-corrected chi connectivity index (χ3v) is 5.24. The zero-order valence-electron chi connectivity index (χ0n) is 14.1. The number of ether oxygens (including phenoxy) is 2. The van der Waals surface area contributed by atoms with Crippen LogP contribution in [0.3, 0.4) is 0 Å². The zero-order valence-corrected chi connectivity index (χ0v) is 14.1. The second kappa shape index (κ2) is 5.26. The smallest absolute Gasteiger partial charge is 0.497 e. The van der Waals surface area contributed by atoms with E-state index < -0.39 is 12.6 Å². The van der Waals surface area contributed by atoms with Gasteiger partial charge in [0.05, 0.1) is 18.3 Å². The summed E-state index contributed by atoms with van der Waals surface area (Å²) < 4.78 is 24.1. The lowest BCUT2D eigenvalue weighted by Crippen LogP contribution is -2.45. The molecule has 0 aromatic heterocycles. The topological polar surface area (TPSA) is 36.9 Å². The lowest BCUT2D eigenvalue weighted by Gasteiger charge is -2.32. The first-order valence-electron chi connectivity index (χ1n) is 7.95. The Morgan fingerprint density at radius 1 is 1.09 bits per heavy atom. The Morgan fingerprint density at radius 2 is 1.77 bits per heavy atom. The average molecular weight is 304 g/mol. The third-order valence-electron chi connectivity index (χ3n) is 5.24. The maximum Gasteiger partial charge on any atom is 0.497 e. The van der Waals surface area contributed by atoms with Crippen molar-refractivity contribution in [3.05, 3.63) is 29.8 Å². The molecule has 0 N–H and O–H groups in total. The first-order chi connectivity index (χ1) is 10.3. The van der Waals surface area contributed by atoms with Crippen LogP contribution in [-0.4, -0.2) is 32.0 Å². The number of hydrogen-bond acceptors (Lipinski definition) is 4. The minimum absolute atomic E-state index is 0.366. The van der Waals surface area contributed by atoms with Crippen molar-refractivity contribution in [2.24, 2.45) is 0 Å². The number of hydrogen-bond donors (Lipinski definition) is 0. The fourth-order valence-corrected chi connectivity index (χ4v) is 3.13. The molecule has 2 fully saturated rings. The maximum absolute atomic E-state index is 6.29. The van der Waals surface area contributed by atoms with Gasteiger partial charge < -0.3 is 18.8 Å². The predicted octanol–water partition coefficient (Wildman–Crippen LogP) is 3.33.